The number of thioether (sulfide) groups is 1. The van der Waals surface area contributed by atoms with Gasteiger partial charge in [-0.15, -0.1) is 21.5 Å². The van der Waals surface area contributed by atoms with Gasteiger partial charge in [0.1, 0.15) is 10.6 Å². The van der Waals surface area contributed by atoms with Gasteiger partial charge in [-0.1, -0.05) is 11.8 Å². The van der Waals surface area contributed by atoms with E-state index in [0.29, 0.717) is 17.7 Å². The molecule has 0 atom stereocenters. The van der Waals surface area contributed by atoms with Gasteiger partial charge in [-0.25, -0.2) is 4.98 Å². The first kappa shape index (κ1) is 16.7. The smallest absolute Gasteiger partial charge is 0.277 e. The summed E-state index contributed by atoms with van der Waals surface area (Å²) in [5, 5.41) is 9.34. The summed E-state index contributed by atoms with van der Waals surface area (Å²) >= 11 is 2.73. The largest absolute Gasteiger partial charge is 0.467 e. The maximum absolute atomic E-state index is 12.1. The van der Waals surface area contributed by atoms with Gasteiger partial charge in [0.25, 0.3) is 11.1 Å². The molecule has 9 heteroatoms. The quantitative estimate of drug-likeness (QED) is 0.621. The second kappa shape index (κ2) is 7.18. The molecule has 1 amide bonds. The van der Waals surface area contributed by atoms with E-state index in [1.54, 1.807) is 24.3 Å². The van der Waals surface area contributed by atoms with Crippen LogP contribution in [0.1, 0.15) is 16.5 Å². The number of amides is 1. The van der Waals surface area contributed by atoms with Crippen molar-refractivity contribution in [3.05, 3.63) is 34.9 Å². The molecule has 3 heterocycles. The zero-order valence-electron chi connectivity index (χ0n) is 13.5. The average Bonchev–Trinajstić information content (AvgIpc) is 3.26. The summed E-state index contributed by atoms with van der Waals surface area (Å²) < 4.78 is 10.9. The number of nitrogens with zero attached hydrogens (tertiary/aromatic N) is 4. The van der Waals surface area contributed by atoms with Crippen LogP contribution in [0, 0.1) is 13.8 Å². The van der Waals surface area contributed by atoms with Crippen LogP contribution in [0.15, 0.2) is 32.5 Å². The topological polar surface area (TPSA) is 85.3 Å². The van der Waals surface area contributed by atoms with Crippen LogP contribution in [0.25, 0.3) is 10.8 Å². The second-order valence-corrected chi connectivity index (χ2v) is 7.27. The molecule has 3 rings (SSSR count). The predicted octanol–water partition coefficient (Wildman–Crippen LogP) is 3.15. The van der Waals surface area contributed by atoms with E-state index in [4.69, 9.17) is 8.83 Å². The maximum atomic E-state index is 12.1. The Hall–Kier alpha value is -2.13. The van der Waals surface area contributed by atoms with Gasteiger partial charge in [-0.05, 0) is 26.0 Å². The number of hydrogen-bond donors (Lipinski definition) is 0. The van der Waals surface area contributed by atoms with Gasteiger partial charge in [0.2, 0.25) is 5.91 Å². The highest BCUT2D eigenvalue weighted by Crippen LogP contribution is 2.30. The van der Waals surface area contributed by atoms with Crippen LogP contribution in [-0.2, 0) is 11.3 Å². The Morgan fingerprint density at radius 2 is 2.21 bits per heavy atom. The van der Waals surface area contributed by atoms with E-state index in [0.717, 1.165) is 21.3 Å². The van der Waals surface area contributed by atoms with Gasteiger partial charge in [-0.2, -0.15) is 0 Å². The normalized spacial score (nSPS) is 11.0. The summed E-state index contributed by atoms with van der Waals surface area (Å²) in [6.45, 7) is 4.27. The second-order valence-electron chi connectivity index (χ2n) is 5.14. The third kappa shape index (κ3) is 3.85. The average molecular weight is 364 g/mol. The standard InChI is InChI=1S/C15H16N4O3S2/c1-9-13(24-10(2)16-9)14-17-18-15(22-14)23-8-12(20)19(3)7-11-5-4-6-21-11/h4-6H,7-8H2,1-3H3. The lowest BCUT2D eigenvalue weighted by Gasteiger charge is -2.14. The van der Waals surface area contributed by atoms with Crippen molar-refractivity contribution in [1.29, 1.82) is 0 Å². The lowest BCUT2D eigenvalue weighted by Crippen LogP contribution is -2.27. The Kier molecular flexibility index (Phi) is 5.00. The number of carbonyl (C=O) groups is 1. The molecule has 7 nitrogen and oxygen atoms in total. The fourth-order valence-electron chi connectivity index (χ4n) is 2.05. The molecule has 0 N–H and O–H groups in total. The molecule has 0 aromatic carbocycles. The van der Waals surface area contributed by atoms with Crippen molar-refractivity contribution >= 4 is 29.0 Å². The number of thiazole rings is 1. The molecule has 0 fully saturated rings. The van der Waals surface area contributed by atoms with Crippen molar-refractivity contribution in [2.45, 2.75) is 25.6 Å². The molecule has 0 spiro atoms. The van der Waals surface area contributed by atoms with Crippen molar-refractivity contribution in [2.75, 3.05) is 12.8 Å². The van der Waals surface area contributed by atoms with Gasteiger partial charge in [0.05, 0.1) is 29.3 Å². The van der Waals surface area contributed by atoms with Crippen molar-refractivity contribution in [2.24, 2.45) is 0 Å². The SMILES string of the molecule is Cc1nc(C)c(-c2nnc(SCC(=O)N(C)Cc3ccco3)o2)s1. The third-order valence-electron chi connectivity index (χ3n) is 3.22. The van der Waals surface area contributed by atoms with Gasteiger partial charge in [-0.3, -0.25) is 4.79 Å². The van der Waals surface area contributed by atoms with E-state index >= 15 is 0 Å². The van der Waals surface area contributed by atoms with E-state index in [9.17, 15) is 4.79 Å². The monoisotopic (exact) mass is 364 g/mol. The minimum atomic E-state index is -0.0408. The van der Waals surface area contributed by atoms with E-state index in [1.807, 2.05) is 19.9 Å². The highest BCUT2D eigenvalue weighted by Gasteiger charge is 2.17. The van der Waals surface area contributed by atoms with E-state index in [2.05, 4.69) is 15.2 Å². The number of furan rings is 1. The number of rotatable bonds is 6. The third-order valence-corrected chi connectivity index (χ3v) is 5.09. The number of hydrogen-bond acceptors (Lipinski definition) is 8. The molecule has 0 unspecified atom stereocenters. The zero-order chi connectivity index (χ0) is 17.1. The summed E-state index contributed by atoms with van der Waals surface area (Å²) in [6.07, 6.45) is 1.59. The van der Waals surface area contributed by atoms with Gasteiger partial charge >= 0.3 is 0 Å². The number of carbonyl (C=O) groups excluding carboxylic acids is 1. The molecule has 0 saturated heterocycles. The van der Waals surface area contributed by atoms with Crippen LogP contribution < -0.4 is 0 Å². The fraction of sp³-hybridized carbons (Fsp3) is 0.333. The van der Waals surface area contributed by atoms with Gasteiger partial charge in [0, 0.05) is 7.05 Å². The van der Waals surface area contributed by atoms with Crippen LogP contribution in [-0.4, -0.2) is 38.8 Å². The van der Waals surface area contributed by atoms with Crippen LogP contribution in [0.4, 0.5) is 0 Å². The van der Waals surface area contributed by atoms with Crippen LogP contribution in [0.2, 0.25) is 0 Å². The highest BCUT2D eigenvalue weighted by atomic mass is 32.2. The number of aryl methyl sites for hydroxylation is 2. The Bertz CT molecular complexity index is 826. The van der Waals surface area contributed by atoms with Crippen molar-refractivity contribution in [3.8, 4) is 10.8 Å². The number of aromatic nitrogens is 3. The molecule has 3 aromatic rings. The molecular weight excluding hydrogens is 348 g/mol. The lowest BCUT2D eigenvalue weighted by molar-refractivity contribution is -0.127. The summed E-state index contributed by atoms with van der Waals surface area (Å²) in [4.78, 5) is 19.0. The minimum Gasteiger partial charge on any atom is -0.467 e. The van der Waals surface area contributed by atoms with Crippen molar-refractivity contribution in [1.82, 2.24) is 20.1 Å². The Balaban J connectivity index is 1.57. The molecule has 24 heavy (non-hydrogen) atoms. The molecule has 126 valence electrons. The summed E-state index contributed by atoms with van der Waals surface area (Å²) in [6, 6.07) is 3.63. The summed E-state index contributed by atoms with van der Waals surface area (Å²) in [7, 11) is 1.73. The molecule has 0 bridgehead atoms. The molecular formula is C15H16N4O3S2. The first-order valence-electron chi connectivity index (χ1n) is 7.20. The Labute approximate surface area is 147 Å². The minimum absolute atomic E-state index is 0.0408. The van der Waals surface area contributed by atoms with E-state index < -0.39 is 0 Å². The zero-order valence-corrected chi connectivity index (χ0v) is 15.1. The molecule has 0 aliphatic carbocycles. The van der Waals surface area contributed by atoms with Crippen molar-refractivity contribution in [3.63, 3.8) is 0 Å². The maximum Gasteiger partial charge on any atom is 0.277 e. The fourth-order valence-corrected chi connectivity index (χ4v) is 3.59. The lowest BCUT2D eigenvalue weighted by atomic mass is 10.4. The summed E-state index contributed by atoms with van der Waals surface area (Å²) in [5.74, 6) is 1.37. The first-order chi connectivity index (χ1) is 11.5. The molecule has 0 aliphatic heterocycles. The van der Waals surface area contributed by atoms with E-state index in [1.165, 1.54) is 23.1 Å². The first-order valence-corrected chi connectivity index (χ1v) is 9.00. The van der Waals surface area contributed by atoms with Crippen LogP contribution in [0.3, 0.4) is 0 Å². The predicted molar refractivity (Wildman–Crippen MR) is 90.8 cm³/mol. The van der Waals surface area contributed by atoms with E-state index in [-0.39, 0.29) is 11.7 Å². The van der Waals surface area contributed by atoms with Crippen LogP contribution >= 0.6 is 23.1 Å². The van der Waals surface area contributed by atoms with Gasteiger partial charge in [0.15, 0.2) is 0 Å². The van der Waals surface area contributed by atoms with Crippen molar-refractivity contribution < 1.29 is 13.6 Å². The Morgan fingerprint density at radius 3 is 2.88 bits per heavy atom. The molecule has 0 aliphatic rings. The molecule has 0 radical (unpaired) electrons. The highest BCUT2D eigenvalue weighted by molar-refractivity contribution is 7.99. The van der Waals surface area contributed by atoms with Crippen LogP contribution in [0.5, 0.6) is 0 Å². The summed E-state index contributed by atoms with van der Waals surface area (Å²) in [5.41, 5.74) is 0.868. The Morgan fingerprint density at radius 1 is 1.38 bits per heavy atom. The molecule has 3 aromatic heterocycles. The molecule has 0 saturated carbocycles. The van der Waals surface area contributed by atoms with Gasteiger partial charge < -0.3 is 13.7 Å².